The van der Waals surface area contributed by atoms with E-state index < -0.39 is 28.4 Å². The summed E-state index contributed by atoms with van der Waals surface area (Å²) < 4.78 is 13.6. The summed E-state index contributed by atoms with van der Waals surface area (Å²) in [5.41, 5.74) is -0.794. The number of hydrogen-bond acceptors (Lipinski definition) is 4. The lowest BCUT2D eigenvalue weighted by molar-refractivity contribution is -0.386. The lowest BCUT2D eigenvalue weighted by atomic mass is 9.84. The van der Waals surface area contributed by atoms with Gasteiger partial charge in [-0.3, -0.25) is 10.1 Å². The van der Waals surface area contributed by atoms with Crippen molar-refractivity contribution in [3.8, 4) is 0 Å². The molecule has 1 aromatic rings. The number of nitrogens with zero attached hydrogens (tertiary/aromatic N) is 1. The van der Waals surface area contributed by atoms with Crippen molar-refractivity contribution >= 4 is 17.3 Å². The molecule has 1 fully saturated rings. The average molecular weight is 296 g/mol. The number of para-hydroxylation sites is 1. The summed E-state index contributed by atoms with van der Waals surface area (Å²) in [7, 11) is 0. The van der Waals surface area contributed by atoms with Crippen LogP contribution in [-0.4, -0.2) is 22.0 Å². The summed E-state index contributed by atoms with van der Waals surface area (Å²) in [4.78, 5) is 21.6. The minimum Gasteiger partial charge on any atom is -0.480 e. The van der Waals surface area contributed by atoms with Gasteiger partial charge in [0.25, 0.3) is 0 Å². The van der Waals surface area contributed by atoms with Gasteiger partial charge in [-0.25, -0.2) is 4.79 Å². The molecular weight excluding hydrogens is 279 g/mol. The summed E-state index contributed by atoms with van der Waals surface area (Å²) in [5.74, 6) is -2.14. The summed E-state index contributed by atoms with van der Waals surface area (Å²) in [6, 6.07) is 2.70. The number of nitro benzene ring substituents is 1. The topological polar surface area (TPSA) is 92.5 Å². The molecule has 0 radical (unpaired) electrons. The summed E-state index contributed by atoms with van der Waals surface area (Å²) in [6.07, 6.45) is 4.48. The third-order valence-corrected chi connectivity index (χ3v) is 3.87. The van der Waals surface area contributed by atoms with E-state index in [0.29, 0.717) is 0 Å². The van der Waals surface area contributed by atoms with Gasteiger partial charge < -0.3 is 10.4 Å². The zero-order valence-electron chi connectivity index (χ0n) is 11.4. The molecule has 1 aliphatic carbocycles. The molecule has 0 aliphatic heterocycles. The maximum absolute atomic E-state index is 13.6. The van der Waals surface area contributed by atoms with Crippen LogP contribution >= 0.6 is 0 Å². The molecule has 1 atom stereocenters. The molecule has 0 heterocycles. The molecular formula is C14H17FN2O4. The average Bonchev–Trinajstić information content (AvgIpc) is 2.45. The molecule has 0 saturated heterocycles. The molecule has 21 heavy (non-hydrogen) atoms. The van der Waals surface area contributed by atoms with E-state index in [4.69, 9.17) is 0 Å². The number of nitro groups is 1. The van der Waals surface area contributed by atoms with Crippen LogP contribution in [0, 0.1) is 21.8 Å². The molecule has 0 amide bonds. The van der Waals surface area contributed by atoms with Crippen molar-refractivity contribution in [2.75, 3.05) is 5.32 Å². The van der Waals surface area contributed by atoms with Gasteiger partial charge in [-0.05, 0) is 30.9 Å². The molecule has 1 aliphatic rings. The van der Waals surface area contributed by atoms with Crippen molar-refractivity contribution in [3.05, 3.63) is 34.1 Å². The third kappa shape index (κ3) is 3.48. The zero-order chi connectivity index (χ0) is 15.4. The van der Waals surface area contributed by atoms with Crippen molar-refractivity contribution in [2.24, 2.45) is 5.92 Å². The van der Waals surface area contributed by atoms with Crippen LogP contribution in [0.2, 0.25) is 0 Å². The first kappa shape index (κ1) is 15.2. The monoisotopic (exact) mass is 296 g/mol. The van der Waals surface area contributed by atoms with Crippen molar-refractivity contribution in [1.29, 1.82) is 0 Å². The summed E-state index contributed by atoms with van der Waals surface area (Å²) in [6.45, 7) is 0. The third-order valence-electron chi connectivity index (χ3n) is 3.87. The van der Waals surface area contributed by atoms with Crippen LogP contribution in [0.4, 0.5) is 15.8 Å². The fourth-order valence-corrected chi connectivity index (χ4v) is 2.83. The molecule has 114 valence electrons. The predicted molar refractivity (Wildman–Crippen MR) is 74.7 cm³/mol. The van der Waals surface area contributed by atoms with Crippen LogP contribution in [0.15, 0.2) is 18.2 Å². The van der Waals surface area contributed by atoms with Crippen molar-refractivity contribution in [2.45, 2.75) is 38.1 Å². The van der Waals surface area contributed by atoms with E-state index >= 15 is 0 Å². The SMILES string of the molecule is O=C(O)C(Nc1cccc(F)c1[N+](=O)[O-])C1CCCCC1. The van der Waals surface area contributed by atoms with Crippen LogP contribution in [0.5, 0.6) is 0 Å². The number of carbonyl (C=O) groups is 1. The minimum absolute atomic E-state index is 0.0852. The molecule has 1 aromatic carbocycles. The highest BCUT2D eigenvalue weighted by Gasteiger charge is 2.31. The van der Waals surface area contributed by atoms with E-state index in [0.717, 1.165) is 38.2 Å². The second kappa shape index (κ2) is 6.51. The van der Waals surface area contributed by atoms with E-state index in [-0.39, 0.29) is 11.6 Å². The van der Waals surface area contributed by atoms with Gasteiger partial charge in [0.15, 0.2) is 0 Å². The van der Waals surface area contributed by atoms with E-state index in [2.05, 4.69) is 5.32 Å². The smallest absolute Gasteiger partial charge is 0.327 e. The molecule has 1 unspecified atom stereocenters. The number of aliphatic carboxylic acids is 1. The number of anilines is 1. The van der Waals surface area contributed by atoms with Crippen LogP contribution in [0.25, 0.3) is 0 Å². The van der Waals surface area contributed by atoms with Crippen LogP contribution in [-0.2, 0) is 4.79 Å². The van der Waals surface area contributed by atoms with E-state index in [1.54, 1.807) is 0 Å². The summed E-state index contributed by atoms with van der Waals surface area (Å²) >= 11 is 0. The van der Waals surface area contributed by atoms with Gasteiger partial charge >= 0.3 is 11.7 Å². The lowest BCUT2D eigenvalue weighted by Crippen LogP contribution is -2.38. The molecule has 0 aromatic heterocycles. The normalized spacial score (nSPS) is 17.2. The maximum Gasteiger partial charge on any atom is 0.327 e. The molecule has 1 saturated carbocycles. The highest BCUT2D eigenvalue weighted by atomic mass is 19.1. The van der Waals surface area contributed by atoms with Crippen molar-refractivity contribution < 1.29 is 19.2 Å². The molecule has 2 rings (SSSR count). The van der Waals surface area contributed by atoms with Crippen molar-refractivity contribution in [1.82, 2.24) is 0 Å². The fourth-order valence-electron chi connectivity index (χ4n) is 2.83. The van der Waals surface area contributed by atoms with Gasteiger partial charge in [-0.15, -0.1) is 0 Å². The maximum atomic E-state index is 13.6. The molecule has 0 bridgehead atoms. The Morgan fingerprint density at radius 3 is 2.62 bits per heavy atom. The van der Waals surface area contributed by atoms with Gasteiger partial charge in [0, 0.05) is 0 Å². The minimum atomic E-state index is -1.07. The highest BCUT2D eigenvalue weighted by molar-refractivity contribution is 5.79. The number of benzene rings is 1. The Bertz CT molecular complexity index is 544. The number of nitrogens with one attached hydrogen (secondary N) is 1. The first-order chi connectivity index (χ1) is 10.0. The Balaban J connectivity index is 2.27. The quantitative estimate of drug-likeness (QED) is 0.643. The second-order valence-corrected chi connectivity index (χ2v) is 5.25. The van der Waals surface area contributed by atoms with E-state index in [1.807, 2.05) is 0 Å². The Labute approximate surface area is 121 Å². The van der Waals surface area contributed by atoms with Crippen molar-refractivity contribution in [3.63, 3.8) is 0 Å². The number of rotatable bonds is 5. The van der Waals surface area contributed by atoms with Crippen LogP contribution in [0.3, 0.4) is 0 Å². The van der Waals surface area contributed by atoms with Gasteiger partial charge in [-0.1, -0.05) is 25.3 Å². The fraction of sp³-hybridized carbons (Fsp3) is 0.500. The molecule has 7 heteroatoms. The van der Waals surface area contributed by atoms with Gasteiger partial charge in [0.2, 0.25) is 5.82 Å². The number of carboxylic acid groups (broad SMARTS) is 1. The number of carboxylic acids is 1. The summed E-state index contributed by atoms with van der Waals surface area (Å²) in [5, 5.41) is 23.0. The first-order valence-electron chi connectivity index (χ1n) is 6.93. The standard InChI is InChI=1S/C14H17FN2O4/c15-10-7-4-8-11(13(10)17(20)21)16-12(14(18)19)9-5-2-1-3-6-9/h4,7-9,12,16H,1-3,5-6H2,(H,18,19). The molecule has 2 N–H and O–H groups in total. The van der Waals surface area contributed by atoms with Gasteiger partial charge in [0.05, 0.1) is 4.92 Å². The molecule has 0 spiro atoms. The Morgan fingerprint density at radius 1 is 1.38 bits per heavy atom. The van der Waals surface area contributed by atoms with Crippen LogP contribution < -0.4 is 5.32 Å². The largest absolute Gasteiger partial charge is 0.480 e. The Morgan fingerprint density at radius 2 is 2.05 bits per heavy atom. The van der Waals surface area contributed by atoms with Gasteiger partial charge in [-0.2, -0.15) is 4.39 Å². The van der Waals surface area contributed by atoms with Gasteiger partial charge in [0.1, 0.15) is 11.7 Å². The van der Waals surface area contributed by atoms with E-state index in [9.17, 15) is 24.4 Å². The number of halogens is 1. The lowest BCUT2D eigenvalue weighted by Gasteiger charge is -2.28. The van der Waals surface area contributed by atoms with Crippen LogP contribution in [0.1, 0.15) is 32.1 Å². The predicted octanol–water partition coefficient (Wildman–Crippen LogP) is 3.18. The Kier molecular flexibility index (Phi) is 4.72. The van der Waals surface area contributed by atoms with E-state index in [1.165, 1.54) is 12.1 Å². The zero-order valence-corrected chi connectivity index (χ0v) is 11.4. The molecule has 6 nitrogen and oxygen atoms in total. The second-order valence-electron chi connectivity index (χ2n) is 5.25. The number of hydrogen-bond donors (Lipinski definition) is 2. The Hall–Kier alpha value is -2.18. The highest BCUT2D eigenvalue weighted by Crippen LogP contribution is 2.32. The first-order valence-corrected chi connectivity index (χ1v) is 6.93.